The van der Waals surface area contributed by atoms with Gasteiger partial charge in [0.15, 0.2) is 0 Å². The zero-order chi connectivity index (χ0) is 23.2. The van der Waals surface area contributed by atoms with Crippen LogP contribution in [-0.2, 0) is 0 Å². The first kappa shape index (κ1) is 21.6. The third-order valence-electron chi connectivity index (χ3n) is 5.19. The molecule has 1 amide bonds. The van der Waals surface area contributed by atoms with Crippen LogP contribution in [-0.4, -0.2) is 24.5 Å². The number of rotatable bonds is 7. The number of nitriles is 1. The van der Waals surface area contributed by atoms with E-state index in [2.05, 4.69) is 22.2 Å². The van der Waals surface area contributed by atoms with Gasteiger partial charge in [-0.3, -0.25) is 9.78 Å². The number of fused-ring (bicyclic) bond motifs is 1. The van der Waals surface area contributed by atoms with E-state index in [4.69, 9.17) is 10.00 Å². The molecule has 0 aliphatic rings. The topological polar surface area (TPSA) is 87.0 Å². The maximum Gasteiger partial charge on any atom is 0.255 e. The molecule has 0 aliphatic heterocycles. The number of nitrogens with one attached hydrogen (secondary N) is 2. The van der Waals surface area contributed by atoms with E-state index in [1.165, 1.54) is 0 Å². The SMILES string of the molecule is C=C(C#N)CNc1c(OC)ccc2ccc(-c3cc(NC(=O)c4ccccc4)ccn3)cc12. The van der Waals surface area contributed by atoms with Gasteiger partial charge in [0.05, 0.1) is 24.6 Å². The van der Waals surface area contributed by atoms with Gasteiger partial charge < -0.3 is 15.4 Å². The summed E-state index contributed by atoms with van der Waals surface area (Å²) < 4.78 is 5.53. The molecule has 0 aliphatic carbocycles. The summed E-state index contributed by atoms with van der Waals surface area (Å²) in [5.74, 6) is 0.488. The molecule has 0 spiro atoms. The third kappa shape index (κ3) is 4.83. The van der Waals surface area contributed by atoms with Crippen LogP contribution in [0, 0.1) is 11.3 Å². The number of hydrogen-bond acceptors (Lipinski definition) is 5. The lowest BCUT2D eigenvalue weighted by Crippen LogP contribution is -2.11. The minimum atomic E-state index is -0.180. The number of carbonyl (C=O) groups excluding carboxylic acids is 1. The Morgan fingerprint density at radius 2 is 1.88 bits per heavy atom. The molecule has 0 radical (unpaired) electrons. The lowest BCUT2D eigenvalue weighted by molar-refractivity contribution is 0.102. The fraction of sp³-hybridized carbons (Fsp3) is 0.0741. The fourth-order valence-electron chi connectivity index (χ4n) is 3.50. The van der Waals surface area contributed by atoms with Crippen molar-refractivity contribution in [2.24, 2.45) is 0 Å². The number of anilines is 2. The van der Waals surface area contributed by atoms with Gasteiger partial charge in [-0.15, -0.1) is 0 Å². The van der Waals surface area contributed by atoms with Gasteiger partial charge >= 0.3 is 0 Å². The number of amides is 1. The van der Waals surface area contributed by atoms with E-state index < -0.39 is 0 Å². The number of hydrogen-bond donors (Lipinski definition) is 2. The molecule has 1 aromatic heterocycles. The Morgan fingerprint density at radius 1 is 1.09 bits per heavy atom. The largest absolute Gasteiger partial charge is 0.495 e. The number of benzene rings is 3. The molecule has 33 heavy (non-hydrogen) atoms. The number of carbonyl (C=O) groups is 1. The second-order valence-corrected chi connectivity index (χ2v) is 7.40. The predicted molar refractivity (Wildman–Crippen MR) is 131 cm³/mol. The van der Waals surface area contributed by atoms with E-state index in [9.17, 15) is 4.79 Å². The minimum absolute atomic E-state index is 0.180. The molecule has 0 saturated heterocycles. The number of aromatic nitrogens is 1. The molecule has 4 aromatic rings. The molecule has 1 heterocycles. The molecule has 0 unspecified atom stereocenters. The zero-order valence-corrected chi connectivity index (χ0v) is 18.1. The third-order valence-corrected chi connectivity index (χ3v) is 5.19. The molecule has 0 fully saturated rings. The fourth-order valence-corrected chi connectivity index (χ4v) is 3.50. The Balaban J connectivity index is 1.68. The van der Waals surface area contributed by atoms with E-state index >= 15 is 0 Å². The lowest BCUT2D eigenvalue weighted by atomic mass is 10.0. The predicted octanol–water partition coefficient (Wildman–Crippen LogP) is 5.65. The van der Waals surface area contributed by atoms with Gasteiger partial charge in [0.1, 0.15) is 5.75 Å². The van der Waals surface area contributed by atoms with Crippen molar-refractivity contribution in [3.63, 3.8) is 0 Å². The Kier molecular flexibility index (Phi) is 6.33. The smallest absolute Gasteiger partial charge is 0.255 e. The average Bonchev–Trinajstić information content (AvgIpc) is 2.87. The van der Waals surface area contributed by atoms with Crippen molar-refractivity contribution in [2.75, 3.05) is 24.3 Å². The van der Waals surface area contributed by atoms with Gasteiger partial charge in [0.25, 0.3) is 5.91 Å². The Hall–Kier alpha value is -4.63. The van der Waals surface area contributed by atoms with Crippen LogP contribution in [0.15, 0.2) is 91.1 Å². The van der Waals surface area contributed by atoms with Gasteiger partial charge in [0.2, 0.25) is 0 Å². The first-order valence-electron chi connectivity index (χ1n) is 10.3. The second kappa shape index (κ2) is 9.67. The number of methoxy groups -OCH3 is 1. The highest BCUT2D eigenvalue weighted by atomic mass is 16.5. The molecule has 6 heteroatoms. The average molecular weight is 434 g/mol. The standard InChI is InChI=1S/C27H22N4O2/c1-18(16-28)17-30-26-23-14-21(9-8-19(23)10-11-25(26)33-2)24-15-22(12-13-29-24)31-27(32)20-6-4-3-5-7-20/h3-15,30H,1,17H2,2H3,(H,29,31,32). The van der Waals surface area contributed by atoms with Crippen LogP contribution in [0.5, 0.6) is 5.75 Å². The molecular weight excluding hydrogens is 412 g/mol. The van der Waals surface area contributed by atoms with E-state index in [0.717, 1.165) is 27.7 Å². The van der Waals surface area contributed by atoms with Crippen LogP contribution in [0.25, 0.3) is 22.0 Å². The summed E-state index contributed by atoms with van der Waals surface area (Å²) in [7, 11) is 1.61. The summed E-state index contributed by atoms with van der Waals surface area (Å²) in [6.45, 7) is 4.05. The molecule has 3 aromatic carbocycles. The first-order chi connectivity index (χ1) is 16.1. The van der Waals surface area contributed by atoms with Gasteiger partial charge in [-0.25, -0.2) is 0 Å². The van der Waals surface area contributed by atoms with Crippen molar-refractivity contribution >= 4 is 28.1 Å². The van der Waals surface area contributed by atoms with Crippen molar-refractivity contribution in [1.29, 1.82) is 5.26 Å². The number of nitrogens with zero attached hydrogens (tertiary/aromatic N) is 2. The van der Waals surface area contributed by atoms with Crippen LogP contribution in [0.3, 0.4) is 0 Å². The zero-order valence-electron chi connectivity index (χ0n) is 18.1. The molecule has 2 N–H and O–H groups in total. The van der Waals surface area contributed by atoms with Crippen molar-refractivity contribution in [2.45, 2.75) is 0 Å². The number of ether oxygens (including phenoxy) is 1. The van der Waals surface area contributed by atoms with E-state index in [1.54, 1.807) is 31.5 Å². The van der Waals surface area contributed by atoms with Crippen LogP contribution >= 0.6 is 0 Å². The summed E-state index contributed by atoms with van der Waals surface area (Å²) in [6.07, 6.45) is 1.67. The molecular formula is C27H22N4O2. The van der Waals surface area contributed by atoms with Crippen LogP contribution in [0.1, 0.15) is 10.4 Å². The maximum absolute atomic E-state index is 12.5. The van der Waals surface area contributed by atoms with Crippen molar-refractivity contribution in [3.05, 3.63) is 96.7 Å². The minimum Gasteiger partial charge on any atom is -0.495 e. The van der Waals surface area contributed by atoms with Crippen LogP contribution in [0.2, 0.25) is 0 Å². The van der Waals surface area contributed by atoms with Crippen molar-refractivity contribution < 1.29 is 9.53 Å². The van der Waals surface area contributed by atoms with Crippen LogP contribution in [0.4, 0.5) is 11.4 Å². The molecule has 162 valence electrons. The van der Waals surface area contributed by atoms with Gasteiger partial charge in [-0.1, -0.05) is 43.0 Å². The second-order valence-electron chi connectivity index (χ2n) is 7.40. The van der Waals surface area contributed by atoms with E-state index in [0.29, 0.717) is 29.1 Å². The molecule has 4 rings (SSSR count). The van der Waals surface area contributed by atoms with Crippen molar-refractivity contribution in [1.82, 2.24) is 4.98 Å². The Labute approximate surface area is 192 Å². The Morgan fingerprint density at radius 3 is 2.64 bits per heavy atom. The molecule has 6 nitrogen and oxygen atoms in total. The summed E-state index contributed by atoms with van der Waals surface area (Å²) in [5.41, 5.74) is 4.05. The van der Waals surface area contributed by atoms with Crippen LogP contribution < -0.4 is 15.4 Å². The number of pyridine rings is 1. The maximum atomic E-state index is 12.5. The van der Waals surface area contributed by atoms with Crippen molar-refractivity contribution in [3.8, 4) is 23.1 Å². The van der Waals surface area contributed by atoms with Gasteiger partial charge in [-0.05, 0) is 41.8 Å². The summed E-state index contributed by atoms with van der Waals surface area (Å²) >= 11 is 0. The quantitative estimate of drug-likeness (QED) is 0.367. The molecule has 0 saturated carbocycles. The first-order valence-corrected chi connectivity index (χ1v) is 10.3. The van der Waals surface area contributed by atoms with E-state index in [-0.39, 0.29) is 5.91 Å². The Bertz CT molecular complexity index is 1370. The summed E-state index contributed by atoms with van der Waals surface area (Å²) in [6, 6.07) is 24.6. The summed E-state index contributed by atoms with van der Waals surface area (Å²) in [5, 5.41) is 17.2. The molecule has 0 bridgehead atoms. The van der Waals surface area contributed by atoms with E-state index in [1.807, 2.05) is 60.7 Å². The lowest BCUT2D eigenvalue weighted by Gasteiger charge is -2.15. The normalized spacial score (nSPS) is 10.3. The molecule has 0 atom stereocenters. The summed E-state index contributed by atoms with van der Waals surface area (Å²) in [4.78, 5) is 17.0. The highest BCUT2D eigenvalue weighted by Gasteiger charge is 2.12. The highest BCUT2D eigenvalue weighted by molar-refractivity contribution is 6.04. The monoisotopic (exact) mass is 434 g/mol. The van der Waals surface area contributed by atoms with Gasteiger partial charge in [-0.2, -0.15) is 5.26 Å². The van der Waals surface area contributed by atoms with Gasteiger partial charge in [0, 0.05) is 40.5 Å². The highest BCUT2D eigenvalue weighted by Crippen LogP contribution is 2.36.